The summed E-state index contributed by atoms with van der Waals surface area (Å²) in [4.78, 5) is 11.7. The van der Waals surface area contributed by atoms with Crippen LogP contribution in [0.5, 0.6) is 0 Å². The minimum absolute atomic E-state index is 0.0153. The van der Waals surface area contributed by atoms with E-state index in [0.29, 0.717) is 12.2 Å². The second-order valence-electron chi connectivity index (χ2n) is 3.34. The van der Waals surface area contributed by atoms with Crippen LogP contribution in [0, 0.1) is 0 Å². The number of methoxy groups -OCH3 is 1. The summed E-state index contributed by atoms with van der Waals surface area (Å²) >= 11 is 3.32. The van der Waals surface area contributed by atoms with E-state index in [-0.39, 0.29) is 11.9 Å². The van der Waals surface area contributed by atoms with Crippen molar-refractivity contribution in [1.82, 2.24) is 5.32 Å². The molecule has 0 bridgehead atoms. The van der Waals surface area contributed by atoms with E-state index in [1.54, 1.807) is 19.2 Å². The molecule has 0 aliphatic rings. The van der Waals surface area contributed by atoms with Crippen LogP contribution in [0.15, 0.2) is 28.7 Å². The van der Waals surface area contributed by atoms with Gasteiger partial charge in [-0.2, -0.15) is 0 Å². The SMILES string of the molecule is COC[C@@H](C)NC(=O)c1cccc(Br)c1. The lowest BCUT2D eigenvalue weighted by Gasteiger charge is -2.12. The Bertz CT molecular complexity index is 341. The van der Waals surface area contributed by atoms with Crippen molar-refractivity contribution < 1.29 is 9.53 Å². The predicted molar refractivity (Wildman–Crippen MR) is 62.9 cm³/mol. The van der Waals surface area contributed by atoms with Gasteiger partial charge in [-0.05, 0) is 25.1 Å². The summed E-state index contributed by atoms with van der Waals surface area (Å²) in [5.41, 5.74) is 0.646. The Morgan fingerprint density at radius 2 is 2.33 bits per heavy atom. The maximum atomic E-state index is 11.7. The lowest BCUT2D eigenvalue weighted by molar-refractivity contribution is 0.0905. The van der Waals surface area contributed by atoms with Gasteiger partial charge >= 0.3 is 0 Å². The normalized spacial score (nSPS) is 12.2. The Hall–Kier alpha value is -0.870. The van der Waals surface area contributed by atoms with E-state index in [1.807, 2.05) is 19.1 Å². The van der Waals surface area contributed by atoms with Crippen LogP contribution in [0.2, 0.25) is 0 Å². The Kier molecular flexibility index (Phi) is 4.78. The van der Waals surface area contributed by atoms with Gasteiger partial charge in [-0.1, -0.05) is 22.0 Å². The number of nitrogens with one attached hydrogen (secondary N) is 1. The predicted octanol–water partition coefficient (Wildman–Crippen LogP) is 2.21. The molecule has 1 aromatic rings. The summed E-state index contributed by atoms with van der Waals surface area (Å²) in [6.07, 6.45) is 0. The highest BCUT2D eigenvalue weighted by molar-refractivity contribution is 9.10. The first-order valence-corrected chi connectivity index (χ1v) is 5.48. The minimum atomic E-state index is -0.0825. The molecule has 4 heteroatoms. The topological polar surface area (TPSA) is 38.3 Å². The van der Waals surface area contributed by atoms with Crippen molar-refractivity contribution in [3.8, 4) is 0 Å². The number of carbonyl (C=O) groups excluding carboxylic acids is 1. The summed E-state index contributed by atoms with van der Waals surface area (Å²) in [5.74, 6) is -0.0825. The molecule has 0 saturated heterocycles. The van der Waals surface area contributed by atoms with Crippen LogP contribution in [0.1, 0.15) is 17.3 Å². The summed E-state index contributed by atoms with van der Waals surface area (Å²) in [6, 6.07) is 7.30. The zero-order valence-electron chi connectivity index (χ0n) is 8.79. The highest BCUT2D eigenvalue weighted by Gasteiger charge is 2.09. The molecule has 3 nitrogen and oxygen atoms in total. The quantitative estimate of drug-likeness (QED) is 0.912. The average molecular weight is 272 g/mol. The molecule has 0 saturated carbocycles. The number of hydrogen-bond donors (Lipinski definition) is 1. The van der Waals surface area contributed by atoms with Crippen molar-refractivity contribution in [2.75, 3.05) is 13.7 Å². The molecule has 0 radical (unpaired) electrons. The monoisotopic (exact) mass is 271 g/mol. The van der Waals surface area contributed by atoms with Crippen molar-refractivity contribution >= 4 is 21.8 Å². The second kappa shape index (κ2) is 5.88. The van der Waals surface area contributed by atoms with Gasteiger partial charge < -0.3 is 10.1 Å². The molecule has 0 aliphatic heterocycles. The van der Waals surface area contributed by atoms with Gasteiger partial charge in [0.05, 0.1) is 6.61 Å². The van der Waals surface area contributed by atoms with Crippen LogP contribution in [0.25, 0.3) is 0 Å². The van der Waals surface area contributed by atoms with Gasteiger partial charge in [-0.15, -0.1) is 0 Å². The Labute approximate surface area is 97.9 Å². The number of ether oxygens (including phenoxy) is 1. The third-order valence-electron chi connectivity index (χ3n) is 1.88. The smallest absolute Gasteiger partial charge is 0.251 e. The number of carbonyl (C=O) groups is 1. The molecule has 0 aliphatic carbocycles. The maximum Gasteiger partial charge on any atom is 0.251 e. The van der Waals surface area contributed by atoms with Crippen molar-refractivity contribution in [3.05, 3.63) is 34.3 Å². The second-order valence-corrected chi connectivity index (χ2v) is 4.26. The first-order valence-electron chi connectivity index (χ1n) is 4.69. The Balaban J connectivity index is 2.61. The third-order valence-corrected chi connectivity index (χ3v) is 2.37. The van der Waals surface area contributed by atoms with Crippen LogP contribution in [-0.4, -0.2) is 25.7 Å². The number of amides is 1. The molecule has 0 unspecified atom stereocenters. The van der Waals surface area contributed by atoms with E-state index in [1.165, 1.54) is 0 Å². The van der Waals surface area contributed by atoms with Crippen molar-refractivity contribution in [3.63, 3.8) is 0 Å². The largest absolute Gasteiger partial charge is 0.383 e. The number of rotatable bonds is 4. The fraction of sp³-hybridized carbons (Fsp3) is 0.364. The maximum absolute atomic E-state index is 11.7. The lowest BCUT2D eigenvalue weighted by Crippen LogP contribution is -2.35. The van der Waals surface area contributed by atoms with E-state index in [0.717, 1.165) is 4.47 Å². The van der Waals surface area contributed by atoms with E-state index in [9.17, 15) is 4.79 Å². The van der Waals surface area contributed by atoms with Crippen LogP contribution in [0.3, 0.4) is 0 Å². The van der Waals surface area contributed by atoms with E-state index in [4.69, 9.17) is 4.74 Å². The van der Waals surface area contributed by atoms with Crippen LogP contribution >= 0.6 is 15.9 Å². The van der Waals surface area contributed by atoms with Gasteiger partial charge in [0.15, 0.2) is 0 Å². The molecule has 82 valence electrons. The molecule has 0 heterocycles. The number of hydrogen-bond acceptors (Lipinski definition) is 2. The van der Waals surface area contributed by atoms with Crippen molar-refractivity contribution in [2.24, 2.45) is 0 Å². The van der Waals surface area contributed by atoms with Gasteiger partial charge in [0.1, 0.15) is 0 Å². The van der Waals surface area contributed by atoms with E-state index < -0.39 is 0 Å². The summed E-state index contributed by atoms with van der Waals surface area (Å²) in [5, 5.41) is 2.84. The van der Waals surface area contributed by atoms with E-state index in [2.05, 4.69) is 21.2 Å². The van der Waals surface area contributed by atoms with Crippen molar-refractivity contribution in [2.45, 2.75) is 13.0 Å². The molecule has 1 N–H and O–H groups in total. The number of benzene rings is 1. The van der Waals surface area contributed by atoms with Crippen LogP contribution in [-0.2, 0) is 4.74 Å². The van der Waals surface area contributed by atoms with E-state index >= 15 is 0 Å². The standard InChI is InChI=1S/C11H14BrNO2/c1-8(7-15-2)13-11(14)9-4-3-5-10(12)6-9/h3-6,8H,7H2,1-2H3,(H,13,14)/t8-/m1/s1. The number of halogens is 1. The molecule has 0 aromatic heterocycles. The summed E-state index contributed by atoms with van der Waals surface area (Å²) in [6.45, 7) is 2.42. The fourth-order valence-corrected chi connectivity index (χ4v) is 1.63. The molecule has 15 heavy (non-hydrogen) atoms. The third kappa shape index (κ3) is 4.01. The molecule has 0 fully saturated rings. The molecule has 1 atom stereocenters. The van der Waals surface area contributed by atoms with Gasteiger partial charge in [0, 0.05) is 23.2 Å². The molecule has 1 rings (SSSR count). The highest BCUT2D eigenvalue weighted by atomic mass is 79.9. The molecular weight excluding hydrogens is 258 g/mol. The lowest BCUT2D eigenvalue weighted by atomic mass is 10.2. The molecule has 1 amide bonds. The van der Waals surface area contributed by atoms with Gasteiger partial charge in [0.2, 0.25) is 0 Å². The van der Waals surface area contributed by atoms with Gasteiger partial charge in [-0.3, -0.25) is 4.79 Å². The van der Waals surface area contributed by atoms with Crippen LogP contribution in [0.4, 0.5) is 0 Å². The highest BCUT2D eigenvalue weighted by Crippen LogP contribution is 2.11. The van der Waals surface area contributed by atoms with Crippen molar-refractivity contribution in [1.29, 1.82) is 0 Å². The van der Waals surface area contributed by atoms with Gasteiger partial charge in [0.25, 0.3) is 5.91 Å². The summed E-state index contributed by atoms with van der Waals surface area (Å²) < 4.78 is 5.84. The zero-order valence-corrected chi connectivity index (χ0v) is 10.4. The molecular formula is C11H14BrNO2. The minimum Gasteiger partial charge on any atom is -0.383 e. The molecule has 1 aromatic carbocycles. The first-order chi connectivity index (χ1) is 7.13. The van der Waals surface area contributed by atoms with Gasteiger partial charge in [-0.25, -0.2) is 0 Å². The Morgan fingerprint density at radius 1 is 1.60 bits per heavy atom. The average Bonchev–Trinajstić information content (AvgIpc) is 2.18. The fourth-order valence-electron chi connectivity index (χ4n) is 1.23. The van der Waals surface area contributed by atoms with Crippen LogP contribution < -0.4 is 5.32 Å². The zero-order chi connectivity index (χ0) is 11.3. The summed E-state index contributed by atoms with van der Waals surface area (Å²) in [7, 11) is 1.61. The first kappa shape index (κ1) is 12.2. The Morgan fingerprint density at radius 3 is 2.93 bits per heavy atom. The molecule has 0 spiro atoms.